The predicted molar refractivity (Wildman–Crippen MR) is 98.5 cm³/mol. The number of carbonyl (C=O) groups excluding carboxylic acids is 1. The van der Waals surface area contributed by atoms with E-state index in [2.05, 4.69) is 18.7 Å². The maximum Gasteiger partial charge on any atom is 0.257 e. The summed E-state index contributed by atoms with van der Waals surface area (Å²) in [6.45, 7) is 6.24. The van der Waals surface area contributed by atoms with E-state index in [9.17, 15) is 4.79 Å². The van der Waals surface area contributed by atoms with E-state index in [0.717, 1.165) is 19.5 Å². The third-order valence-corrected chi connectivity index (χ3v) is 5.76. The molecule has 138 valence electrons. The first kappa shape index (κ1) is 18.1. The Hall–Kier alpha value is -1.75. The van der Waals surface area contributed by atoms with E-state index in [4.69, 9.17) is 9.47 Å². The number of para-hydroxylation sites is 1. The summed E-state index contributed by atoms with van der Waals surface area (Å²) in [5.74, 6) is 1.17. The van der Waals surface area contributed by atoms with E-state index in [0.29, 0.717) is 35.2 Å². The molecule has 0 saturated carbocycles. The maximum atomic E-state index is 13.1. The maximum absolute atomic E-state index is 13.1. The van der Waals surface area contributed by atoms with Gasteiger partial charge < -0.3 is 14.4 Å². The fourth-order valence-electron chi connectivity index (χ4n) is 4.54. The molecule has 3 atom stereocenters. The van der Waals surface area contributed by atoms with Gasteiger partial charge in [-0.05, 0) is 51.7 Å². The van der Waals surface area contributed by atoms with Crippen LogP contribution in [0.15, 0.2) is 18.2 Å². The number of carbonyl (C=O) groups is 1. The number of hydrogen-bond donors (Lipinski definition) is 0. The van der Waals surface area contributed by atoms with Crippen molar-refractivity contribution in [2.45, 2.75) is 57.7 Å². The van der Waals surface area contributed by atoms with Gasteiger partial charge in [-0.25, -0.2) is 0 Å². The summed E-state index contributed by atoms with van der Waals surface area (Å²) >= 11 is 0. The fraction of sp³-hybridized carbons (Fsp3) is 0.650. The lowest BCUT2D eigenvalue weighted by Crippen LogP contribution is -2.52. The van der Waals surface area contributed by atoms with Gasteiger partial charge in [0, 0.05) is 31.2 Å². The van der Waals surface area contributed by atoms with Crippen LogP contribution in [0.3, 0.4) is 0 Å². The number of nitrogens with zero attached hydrogens (tertiary/aromatic N) is 2. The second-order valence-corrected chi connectivity index (χ2v) is 7.31. The Morgan fingerprint density at radius 1 is 1.08 bits per heavy atom. The lowest BCUT2D eigenvalue weighted by Gasteiger charge is -2.41. The predicted octanol–water partition coefficient (Wildman–Crippen LogP) is 3.18. The Labute approximate surface area is 150 Å². The zero-order valence-corrected chi connectivity index (χ0v) is 15.8. The minimum absolute atomic E-state index is 0.0416. The zero-order valence-electron chi connectivity index (χ0n) is 15.8. The molecule has 25 heavy (non-hydrogen) atoms. The minimum Gasteiger partial charge on any atom is -0.493 e. The lowest BCUT2D eigenvalue weighted by molar-refractivity contribution is 0.0484. The van der Waals surface area contributed by atoms with Gasteiger partial charge in [0.15, 0.2) is 11.5 Å². The molecule has 0 aliphatic carbocycles. The highest BCUT2D eigenvalue weighted by molar-refractivity contribution is 5.98. The monoisotopic (exact) mass is 346 g/mol. The normalized spacial score (nSPS) is 27.4. The van der Waals surface area contributed by atoms with Crippen LogP contribution in [-0.2, 0) is 0 Å². The van der Waals surface area contributed by atoms with Crippen molar-refractivity contribution in [1.82, 2.24) is 9.80 Å². The van der Waals surface area contributed by atoms with Crippen LogP contribution in [0.25, 0.3) is 0 Å². The third-order valence-electron chi connectivity index (χ3n) is 5.76. The lowest BCUT2D eigenvalue weighted by atomic mass is 10.0. The summed E-state index contributed by atoms with van der Waals surface area (Å²) in [4.78, 5) is 17.8. The second kappa shape index (κ2) is 7.65. The quantitative estimate of drug-likeness (QED) is 0.840. The second-order valence-electron chi connectivity index (χ2n) is 7.31. The van der Waals surface area contributed by atoms with Gasteiger partial charge in [-0.3, -0.25) is 9.69 Å². The minimum atomic E-state index is 0.0416. The van der Waals surface area contributed by atoms with Crippen LogP contribution in [0.2, 0.25) is 0 Å². The highest BCUT2D eigenvalue weighted by Gasteiger charge is 2.37. The van der Waals surface area contributed by atoms with Gasteiger partial charge in [0.2, 0.25) is 0 Å². The highest BCUT2D eigenvalue weighted by atomic mass is 16.5. The molecular formula is C20H30N2O3. The van der Waals surface area contributed by atoms with Crippen LogP contribution in [0.5, 0.6) is 11.5 Å². The summed E-state index contributed by atoms with van der Waals surface area (Å²) in [5.41, 5.74) is 0.588. The SMILES string of the molecule is COc1cccc(C(=O)N2CCC[C@H](N3[C@H](C)CC[C@H]3C)C2)c1OC. The molecule has 1 amide bonds. The Kier molecular flexibility index (Phi) is 5.52. The van der Waals surface area contributed by atoms with Gasteiger partial charge in [-0.2, -0.15) is 0 Å². The molecule has 2 fully saturated rings. The van der Waals surface area contributed by atoms with Crippen molar-refractivity contribution in [2.75, 3.05) is 27.3 Å². The number of likely N-dealkylation sites (tertiary alicyclic amines) is 2. The Morgan fingerprint density at radius 2 is 1.80 bits per heavy atom. The molecule has 0 unspecified atom stereocenters. The Balaban J connectivity index is 1.79. The first-order valence-corrected chi connectivity index (χ1v) is 9.34. The Morgan fingerprint density at radius 3 is 2.44 bits per heavy atom. The Bertz CT molecular complexity index is 609. The van der Waals surface area contributed by atoms with Crippen molar-refractivity contribution in [1.29, 1.82) is 0 Å². The standard InChI is InChI=1S/C20H30N2O3/c1-14-10-11-15(2)22(14)16-7-6-12-21(13-16)20(23)17-8-5-9-18(24-3)19(17)25-4/h5,8-9,14-16H,6-7,10-13H2,1-4H3/t14-,15-,16+/m1/s1. The van der Waals surface area contributed by atoms with Crippen LogP contribution < -0.4 is 9.47 Å². The molecule has 1 aromatic carbocycles. The van der Waals surface area contributed by atoms with Crippen LogP contribution in [0, 0.1) is 0 Å². The number of benzene rings is 1. The first-order chi connectivity index (χ1) is 12.1. The molecule has 5 heteroatoms. The molecule has 0 aromatic heterocycles. The first-order valence-electron chi connectivity index (χ1n) is 9.34. The average Bonchev–Trinajstić information content (AvgIpc) is 2.98. The largest absolute Gasteiger partial charge is 0.493 e. The molecule has 0 radical (unpaired) electrons. The summed E-state index contributed by atoms with van der Waals surface area (Å²) in [6, 6.07) is 7.18. The summed E-state index contributed by atoms with van der Waals surface area (Å²) in [7, 11) is 3.18. The molecule has 2 aliphatic heterocycles. The molecule has 3 rings (SSSR count). The van der Waals surface area contributed by atoms with Crippen LogP contribution in [0.1, 0.15) is 49.9 Å². The van der Waals surface area contributed by atoms with E-state index >= 15 is 0 Å². The van der Waals surface area contributed by atoms with Crippen molar-refractivity contribution in [3.8, 4) is 11.5 Å². The summed E-state index contributed by atoms with van der Waals surface area (Å²) in [5, 5.41) is 0. The number of amides is 1. The van der Waals surface area contributed by atoms with Gasteiger partial charge >= 0.3 is 0 Å². The third kappa shape index (κ3) is 3.47. The molecule has 2 heterocycles. The summed E-state index contributed by atoms with van der Waals surface area (Å²) in [6.07, 6.45) is 4.75. The van der Waals surface area contributed by atoms with Gasteiger partial charge in [-0.15, -0.1) is 0 Å². The summed E-state index contributed by atoms with van der Waals surface area (Å²) < 4.78 is 10.8. The number of methoxy groups -OCH3 is 2. The van der Waals surface area contributed by atoms with Crippen molar-refractivity contribution >= 4 is 5.91 Å². The van der Waals surface area contributed by atoms with Crippen LogP contribution >= 0.6 is 0 Å². The van der Waals surface area contributed by atoms with Crippen molar-refractivity contribution in [2.24, 2.45) is 0 Å². The van der Waals surface area contributed by atoms with Gasteiger partial charge in [0.05, 0.1) is 19.8 Å². The smallest absolute Gasteiger partial charge is 0.257 e. The average molecular weight is 346 g/mol. The van der Waals surface area contributed by atoms with E-state index < -0.39 is 0 Å². The van der Waals surface area contributed by atoms with E-state index in [1.807, 2.05) is 23.1 Å². The molecule has 0 N–H and O–H groups in total. The van der Waals surface area contributed by atoms with Crippen molar-refractivity contribution in [3.05, 3.63) is 23.8 Å². The number of rotatable bonds is 4. The van der Waals surface area contributed by atoms with E-state index in [-0.39, 0.29) is 5.91 Å². The molecule has 2 saturated heterocycles. The molecule has 2 aliphatic rings. The van der Waals surface area contributed by atoms with E-state index in [1.165, 1.54) is 19.3 Å². The number of ether oxygens (including phenoxy) is 2. The molecule has 0 bridgehead atoms. The number of piperidine rings is 1. The van der Waals surface area contributed by atoms with Gasteiger partial charge in [0.1, 0.15) is 0 Å². The molecule has 0 spiro atoms. The van der Waals surface area contributed by atoms with Gasteiger partial charge in [0.25, 0.3) is 5.91 Å². The van der Waals surface area contributed by atoms with E-state index in [1.54, 1.807) is 14.2 Å². The molecular weight excluding hydrogens is 316 g/mol. The van der Waals surface area contributed by atoms with Crippen molar-refractivity contribution < 1.29 is 14.3 Å². The molecule has 5 nitrogen and oxygen atoms in total. The molecule has 1 aromatic rings. The van der Waals surface area contributed by atoms with Crippen molar-refractivity contribution in [3.63, 3.8) is 0 Å². The highest BCUT2D eigenvalue weighted by Crippen LogP contribution is 2.33. The zero-order chi connectivity index (χ0) is 18.0. The van der Waals surface area contributed by atoms with Gasteiger partial charge in [-0.1, -0.05) is 6.07 Å². The van der Waals surface area contributed by atoms with Crippen LogP contribution in [0.4, 0.5) is 0 Å². The topological polar surface area (TPSA) is 42.0 Å². The fourth-order valence-corrected chi connectivity index (χ4v) is 4.54. The number of hydrogen-bond acceptors (Lipinski definition) is 4. The van der Waals surface area contributed by atoms with Crippen LogP contribution in [-0.4, -0.2) is 61.1 Å².